The zero-order valence-corrected chi connectivity index (χ0v) is 8.94. The van der Waals surface area contributed by atoms with Crippen LogP contribution in [0.15, 0.2) is 23.8 Å². The largest absolute Gasteiger partial charge is 0.103 e. The van der Waals surface area contributed by atoms with Crippen molar-refractivity contribution in [3.63, 3.8) is 0 Å². The summed E-state index contributed by atoms with van der Waals surface area (Å²) in [4.78, 5) is 0. The molecule has 0 atom stereocenters. The second-order valence-corrected chi connectivity index (χ2v) is 3.99. The molecule has 0 nitrogen and oxygen atoms in total. The van der Waals surface area contributed by atoms with Gasteiger partial charge < -0.3 is 0 Å². The Morgan fingerprint density at radius 2 is 1.77 bits per heavy atom. The van der Waals surface area contributed by atoms with Gasteiger partial charge in [0, 0.05) is 0 Å². The molecule has 1 aliphatic carbocycles. The molecule has 0 aromatic rings. The summed E-state index contributed by atoms with van der Waals surface area (Å²) in [6, 6.07) is 0. The van der Waals surface area contributed by atoms with Crippen molar-refractivity contribution in [1.82, 2.24) is 0 Å². The first-order chi connectivity index (χ1) is 6.38. The molecule has 13 heavy (non-hydrogen) atoms. The van der Waals surface area contributed by atoms with E-state index in [2.05, 4.69) is 13.5 Å². The molecule has 0 unspecified atom stereocenters. The van der Waals surface area contributed by atoms with E-state index >= 15 is 0 Å². The predicted octanol–water partition coefficient (Wildman–Crippen LogP) is 4.62. The van der Waals surface area contributed by atoms with E-state index in [9.17, 15) is 0 Å². The van der Waals surface area contributed by atoms with Gasteiger partial charge in [0.15, 0.2) is 0 Å². The number of rotatable bonds is 7. The van der Waals surface area contributed by atoms with Gasteiger partial charge in [0.2, 0.25) is 0 Å². The standard InChI is InChI=1S/C13H22/c1-3-5-7-9-13-11-10-12(13)8-6-4-2/h3H,1,4-11H2,2H3. The second kappa shape index (κ2) is 6.01. The molecule has 0 aliphatic heterocycles. The molecule has 1 rings (SSSR count). The molecular weight excluding hydrogens is 156 g/mol. The van der Waals surface area contributed by atoms with Crippen LogP contribution in [0, 0.1) is 0 Å². The maximum absolute atomic E-state index is 3.75. The maximum Gasteiger partial charge on any atom is -0.0280 e. The van der Waals surface area contributed by atoms with Crippen molar-refractivity contribution >= 4 is 0 Å². The van der Waals surface area contributed by atoms with Crippen LogP contribution in [0.2, 0.25) is 0 Å². The highest BCUT2D eigenvalue weighted by Crippen LogP contribution is 2.34. The fourth-order valence-electron chi connectivity index (χ4n) is 1.93. The number of hydrogen-bond donors (Lipinski definition) is 0. The summed E-state index contributed by atoms with van der Waals surface area (Å²) in [5.74, 6) is 0. The Labute approximate surface area is 82.7 Å². The van der Waals surface area contributed by atoms with E-state index in [1.54, 1.807) is 11.1 Å². The maximum atomic E-state index is 3.75. The van der Waals surface area contributed by atoms with Crippen LogP contribution in [0.25, 0.3) is 0 Å². The van der Waals surface area contributed by atoms with Gasteiger partial charge in [-0.3, -0.25) is 0 Å². The highest BCUT2D eigenvalue weighted by atomic mass is 14.2. The van der Waals surface area contributed by atoms with Crippen molar-refractivity contribution in [1.29, 1.82) is 0 Å². The van der Waals surface area contributed by atoms with Crippen molar-refractivity contribution in [2.24, 2.45) is 0 Å². The summed E-state index contributed by atoms with van der Waals surface area (Å²) >= 11 is 0. The van der Waals surface area contributed by atoms with E-state index < -0.39 is 0 Å². The average Bonchev–Trinajstić information content (AvgIpc) is 2.11. The monoisotopic (exact) mass is 178 g/mol. The third-order valence-electron chi connectivity index (χ3n) is 2.95. The summed E-state index contributed by atoms with van der Waals surface area (Å²) < 4.78 is 0. The van der Waals surface area contributed by atoms with E-state index in [1.165, 1.54) is 51.4 Å². The van der Waals surface area contributed by atoms with Crippen LogP contribution in [0.1, 0.15) is 58.3 Å². The first-order valence-corrected chi connectivity index (χ1v) is 5.69. The van der Waals surface area contributed by atoms with Gasteiger partial charge >= 0.3 is 0 Å². The zero-order chi connectivity index (χ0) is 9.52. The smallest absolute Gasteiger partial charge is 0.0280 e. The van der Waals surface area contributed by atoms with Crippen molar-refractivity contribution in [3.8, 4) is 0 Å². The molecule has 0 amide bonds. The van der Waals surface area contributed by atoms with Gasteiger partial charge in [0.25, 0.3) is 0 Å². The van der Waals surface area contributed by atoms with E-state index in [4.69, 9.17) is 0 Å². The first kappa shape index (κ1) is 10.6. The van der Waals surface area contributed by atoms with Gasteiger partial charge in [0.05, 0.1) is 0 Å². The van der Waals surface area contributed by atoms with E-state index in [0.29, 0.717) is 0 Å². The fourth-order valence-corrected chi connectivity index (χ4v) is 1.93. The molecule has 0 saturated heterocycles. The van der Waals surface area contributed by atoms with Crippen molar-refractivity contribution in [2.45, 2.75) is 58.3 Å². The predicted molar refractivity (Wildman–Crippen MR) is 59.8 cm³/mol. The second-order valence-electron chi connectivity index (χ2n) is 3.99. The molecule has 0 heterocycles. The Kier molecular flexibility index (Phi) is 4.88. The van der Waals surface area contributed by atoms with E-state index in [1.807, 2.05) is 6.08 Å². The molecule has 0 aromatic carbocycles. The lowest BCUT2D eigenvalue weighted by atomic mass is 9.82. The van der Waals surface area contributed by atoms with Gasteiger partial charge in [-0.1, -0.05) is 30.6 Å². The van der Waals surface area contributed by atoms with Gasteiger partial charge in [-0.25, -0.2) is 0 Å². The van der Waals surface area contributed by atoms with Gasteiger partial charge in [-0.2, -0.15) is 0 Å². The van der Waals surface area contributed by atoms with Crippen molar-refractivity contribution < 1.29 is 0 Å². The van der Waals surface area contributed by atoms with Gasteiger partial charge in [-0.05, 0) is 44.9 Å². The molecule has 0 radical (unpaired) electrons. The molecule has 0 fully saturated rings. The quantitative estimate of drug-likeness (QED) is 0.394. The summed E-state index contributed by atoms with van der Waals surface area (Å²) in [5.41, 5.74) is 3.56. The minimum atomic E-state index is 1.19. The Bertz CT molecular complexity index is 186. The summed E-state index contributed by atoms with van der Waals surface area (Å²) in [7, 11) is 0. The van der Waals surface area contributed by atoms with Gasteiger partial charge in [0.1, 0.15) is 0 Å². The SMILES string of the molecule is C=CCCCC1=C(CCCC)CC1. The van der Waals surface area contributed by atoms with Crippen molar-refractivity contribution in [3.05, 3.63) is 23.8 Å². The molecule has 0 heteroatoms. The van der Waals surface area contributed by atoms with E-state index in [0.717, 1.165) is 0 Å². The molecule has 0 N–H and O–H groups in total. The Morgan fingerprint density at radius 1 is 1.15 bits per heavy atom. The molecule has 1 aliphatic rings. The van der Waals surface area contributed by atoms with Crippen molar-refractivity contribution in [2.75, 3.05) is 0 Å². The third-order valence-corrected chi connectivity index (χ3v) is 2.95. The summed E-state index contributed by atoms with van der Waals surface area (Å²) in [5, 5.41) is 0. The highest BCUT2D eigenvalue weighted by molar-refractivity contribution is 5.24. The molecule has 74 valence electrons. The highest BCUT2D eigenvalue weighted by Gasteiger charge is 2.15. The summed E-state index contributed by atoms with van der Waals surface area (Å²) in [6.07, 6.45) is 12.7. The molecule has 0 aromatic heterocycles. The Balaban J connectivity index is 2.19. The number of allylic oxidation sites excluding steroid dienone is 3. The van der Waals surface area contributed by atoms with Crippen LogP contribution in [0.5, 0.6) is 0 Å². The van der Waals surface area contributed by atoms with Crippen LogP contribution < -0.4 is 0 Å². The molecule has 0 spiro atoms. The fraction of sp³-hybridized carbons (Fsp3) is 0.692. The van der Waals surface area contributed by atoms with Crippen LogP contribution in [0.4, 0.5) is 0 Å². The molecule has 0 saturated carbocycles. The lowest BCUT2D eigenvalue weighted by Crippen LogP contribution is -2.04. The van der Waals surface area contributed by atoms with E-state index in [-0.39, 0.29) is 0 Å². The van der Waals surface area contributed by atoms with Crippen LogP contribution in [0.3, 0.4) is 0 Å². The Morgan fingerprint density at radius 3 is 2.23 bits per heavy atom. The van der Waals surface area contributed by atoms with Crippen LogP contribution in [-0.4, -0.2) is 0 Å². The average molecular weight is 178 g/mol. The summed E-state index contributed by atoms with van der Waals surface area (Å²) in [6.45, 7) is 6.03. The lowest BCUT2D eigenvalue weighted by molar-refractivity contribution is 0.641. The zero-order valence-electron chi connectivity index (χ0n) is 8.94. The minimum absolute atomic E-state index is 1.19. The van der Waals surface area contributed by atoms with Crippen LogP contribution >= 0.6 is 0 Å². The minimum Gasteiger partial charge on any atom is -0.103 e. The third kappa shape index (κ3) is 3.38. The van der Waals surface area contributed by atoms with Gasteiger partial charge in [-0.15, -0.1) is 6.58 Å². The molecular formula is C13H22. The van der Waals surface area contributed by atoms with Crippen LogP contribution in [-0.2, 0) is 0 Å². The Hall–Kier alpha value is -0.520. The number of hydrogen-bond acceptors (Lipinski definition) is 0. The lowest BCUT2D eigenvalue weighted by Gasteiger charge is -2.24. The number of unbranched alkanes of at least 4 members (excludes halogenated alkanes) is 2. The first-order valence-electron chi connectivity index (χ1n) is 5.69. The topological polar surface area (TPSA) is 0 Å². The molecule has 0 bridgehead atoms. The normalized spacial score (nSPS) is 15.8.